The van der Waals surface area contributed by atoms with Crippen LogP contribution in [0.5, 0.6) is 5.75 Å². The minimum absolute atomic E-state index is 0.0817. The van der Waals surface area contributed by atoms with Gasteiger partial charge in [-0.15, -0.1) is 0 Å². The molecule has 0 unspecified atom stereocenters. The Hall–Kier alpha value is -3.68. The lowest BCUT2D eigenvalue weighted by molar-refractivity contribution is -0.386. The third kappa shape index (κ3) is 4.83. The monoisotopic (exact) mass is 408 g/mol. The fourth-order valence-corrected chi connectivity index (χ4v) is 3.26. The molecule has 0 radical (unpaired) electrons. The number of aromatic nitrogens is 2. The Bertz CT molecular complexity index is 1060. The van der Waals surface area contributed by atoms with E-state index in [2.05, 4.69) is 10.4 Å². The fourth-order valence-electron chi connectivity index (χ4n) is 3.26. The number of ether oxygens (including phenoxy) is 1. The third-order valence-electron chi connectivity index (χ3n) is 4.91. The van der Waals surface area contributed by atoms with Crippen LogP contribution in [0.4, 0.5) is 5.69 Å². The first-order chi connectivity index (χ1) is 14.4. The van der Waals surface area contributed by atoms with Crippen molar-refractivity contribution in [3.05, 3.63) is 86.7 Å². The van der Waals surface area contributed by atoms with E-state index in [9.17, 15) is 14.9 Å². The average molecular weight is 408 g/mol. The number of aryl methyl sites for hydroxylation is 2. The first-order valence-electron chi connectivity index (χ1n) is 9.57. The number of benzene rings is 2. The zero-order chi connectivity index (χ0) is 21.7. The second-order valence-corrected chi connectivity index (χ2v) is 7.04. The van der Waals surface area contributed by atoms with Gasteiger partial charge in [0.2, 0.25) is 0 Å². The van der Waals surface area contributed by atoms with E-state index in [1.807, 2.05) is 48.9 Å². The van der Waals surface area contributed by atoms with Crippen LogP contribution in [-0.4, -0.2) is 27.2 Å². The normalized spacial score (nSPS) is 10.6. The van der Waals surface area contributed by atoms with E-state index in [0.29, 0.717) is 18.7 Å². The molecule has 0 aliphatic rings. The quantitative estimate of drug-likeness (QED) is 0.455. The van der Waals surface area contributed by atoms with Gasteiger partial charge in [-0.2, -0.15) is 5.10 Å². The van der Waals surface area contributed by atoms with Gasteiger partial charge in [-0.25, -0.2) is 0 Å². The zero-order valence-electron chi connectivity index (χ0n) is 17.2. The van der Waals surface area contributed by atoms with Gasteiger partial charge in [-0.1, -0.05) is 42.5 Å². The van der Waals surface area contributed by atoms with Crippen molar-refractivity contribution in [1.29, 1.82) is 0 Å². The minimum Gasteiger partial charge on any atom is -0.477 e. The van der Waals surface area contributed by atoms with Crippen LogP contribution in [0.15, 0.2) is 48.5 Å². The Morgan fingerprint density at radius 3 is 2.57 bits per heavy atom. The molecular weight excluding hydrogens is 384 g/mol. The molecule has 2 aromatic carbocycles. The fraction of sp³-hybridized carbons (Fsp3) is 0.273. The summed E-state index contributed by atoms with van der Waals surface area (Å²) in [5.41, 5.74) is 4.27. The summed E-state index contributed by atoms with van der Waals surface area (Å²) in [7, 11) is 0. The number of hydrogen-bond acceptors (Lipinski definition) is 5. The van der Waals surface area contributed by atoms with Crippen LogP contribution >= 0.6 is 0 Å². The van der Waals surface area contributed by atoms with Crippen LogP contribution in [0.2, 0.25) is 0 Å². The number of nitrogens with one attached hydrogen (secondary N) is 1. The number of para-hydroxylation sites is 1. The van der Waals surface area contributed by atoms with E-state index >= 15 is 0 Å². The summed E-state index contributed by atoms with van der Waals surface area (Å²) in [4.78, 5) is 23.0. The van der Waals surface area contributed by atoms with Gasteiger partial charge in [0, 0.05) is 23.4 Å². The molecule has 1 N–H and O–H groups in total. The number of hydrogen-bond donors (Lipinski definition) is 1. The van der Waals surface area contributed by atoms with Gasteiger partial charge in [0.1, 0.15) is 0 Å². The Balaban J connectivity index is 1.60. The maximum Gasteiger partial charge on any atom is 0.313 e. The molecule has 0 aliphatic carbocycles. The number of nitro groups is 1. The van der Waals surface area contributed by atoms with E-state index in [4.69, 9.17) is 4.74 Å². The van der Waals surface area contributed by atoms with Gasteiger partial charge in [0.05, 0.1) is 17.2 Å². The topological polar surface area (TPSA) is 99.3 Å². The molecule has 0 aliphatic heterocycles. The van der Waals surface area contributed by atoms with Crippen molar-refractivity contribution in [3.8, 4) is 5.75 Å². The number of nitro benzene ring substituents is 1. The lowest BCUT2D eigenvalue weighted by Gasteiger charge is -2.09. The Morgan fingerprint density at radius 1 is 1.13 bits per heavy atom. The van der Waals surface area contributed by atoms with Crippen LogP contribution in [0.25, 0.3) is 0 Å². The third-order valence-corrected chi connectivity index (χ3v) is 4.91. The summed E-state index contributed by atoms with van der Waals surface area (Å²) >= 11 is 0. The summed E-state index contributed by atoms with van der Waals surface area (Å²) in [6.45, 7) is 6.16. The number of nitrogens with zero attached hydrogens (tertiary/aromatic N) is 3. The second-order valence-electron chi connectivity index (χ2n) is 7.04. The smallest absolute Gasteiger partial charge is 0.313 e. The number of rotatable bonds is 8. The Morgan fingerprint density at radius 2 is 1.87 bits per heavy atom. The maximum atomic E-state index is 12.2. The Labute approximate surface area is 174 Å². The molecule has 8 nitrogen and oxygen atoms in total. The highest BCUT2D eigenvalue weighted by Crippen LogP contribution is 2.30. The molecule has 8 heteroatoms. The molecule has 1 aromatic heterocycles. The lowest BCUT2D eigenvalue weighted by atomic mass is 10.2. The Kier molecular flexibility index (Phi) is 6.46. The van der Waals surface area contributed by atoms with Crippen LogP contribution in [0, 0.1) is 30.9 Å². The summed E-state index contributed by atoms with van der Waals surface area (Å²) in [5.74, 6) is -0.279. The summed E-state index contributed by atoms with van der Waals surface area (Å²) in [6, 6.07) is 14.8. The van der Waals surface area contributed by atoms with Gasteiger partial charge >= 0.3 is 5.69 Å². The number of carbonyl (C=O) groups excluding carboxylic acids is 1. The summed E-state index contributed by atoms with van der Waals surface area (Å²) < 4.78 is 7.32. The first-order valence-corrected chi connectivity index (χ1v) is 9.57. The number of carbonyl (C=O) groups is 1. The molecule has 3 rings (SSSR count). The highest BCUT2D eigenvalue weighted by molar-refractivity contribution is 5.77. The molecule has 0 bridgehead atoms. The molecule has 1 amide bonds. The minimum atomic E-state index is -0.504. The zero-order valence-corrected chi connectivity index (χ0v) is 17.2. The molecule has 0 saturated carbocycles. The first kappa shape index (κ1) is 21.0. The largest absolute Gasteiger partial charge is 0.477 e. The van der Waals surface area contributed by atoms with Gasteiger partial charge in [0.15, 0.2) is 12.4 Å². The van der Waals surface area contributed by atoms with E-state index < -0.39 is 4.92 Å². The second kappa shape index (κ2) is 9.21. The van der Waals surface area contributed by atoms with E-state index in [1.54, 1.807) is 19.1 Å². The standard InChI is InChI=1S/C22H24N4O4/c1-15-8-7-11-20(22(15)26(28)29)30-14-21(27)23-12-19-16(2)24-25(17(19)3)13-18-9-5-4-6-10-18/h4-11H,12-14H2,1-3H3,(H,23,27). The highest BCUT2D eigenvalue weighted by atomic mass is 16.6. The predicted molar refractivity (Wildman–Crippen MR) is 112 cm³/mol. The molecule has 0 spiro atoms. The van der Waals surface area contributed by atoms with Crippen molar-refractivity contribution in [2.24, 2.45) is 0 Å². The van der Waals surface area contributed by atoms with Crippen molar-refractivity contribution < 1.29 is 14.5 Å². The van der Waals surface area contributed by atoms with E-state index in [-0.39, 0.29) is 24.0 Å². The van der Waals surface area contributed by atoms with Gasteiger partial charge in [-0.05, 0) is 32.4 Å². The predicted octanol–water partition coefficient (Wildman–Crippen LogP) is 3.46. The molecule has 0 atom stereocenters. The molecule has 156 valence electrons. The molecular formula is C22H24N4O4. The maximum absolute atomic E-state index is 12.2. The SMILES string of the molecule is Cc1cccc(OCC(=O)NCc2c(C)nn(Cc3ccccc3)c2C)c1[N+](=O)[O-]. The molecule has 0 fully saturated rings. The van der Waals surface area contributed by atoms with Gasteiger partial charge in [0.25, 0.3) is 5.91 Å². The molecule has 0 saturated heterocycles. The van der Waals surface area contributed by atoms with Crippen molar-refractivity contribution in [1.82, 2.24) is 15.1 Å². The summed E-state index contributed by atoms with van der Waals surface area (Å²) in [6.07, 6.45) is 0. The van der Waals surface area contributed by atoms with Crippen LogP contribution < -0.4 is 10.1 Å². The summed E-state index contributed by atoms with van der Waals surface area (Å²) in [5, 5.41) is 18.6. The number of amides is 1. The van der Waals surface area contributed by atoms with E-state index in [1.165, 1.54) is 6.07 Å². The lowest BCUT2D eigenvalue weighted by Crippen LogP contribution is -2.29. The van der Waals surface area contributed by atoms with Crippen LogP contribution in [-0.2, 0) is 17.9 Å². The van der Waals surface area contributed by atoms with Crippen molar-refractivity contribution in [2.45, 2.75) is 33.9 Å². The van der Waals surface area contributed by atoms with E-state index in [0.717, 1.165) is 22.5 Å². The average Bonchev–Trinajstić information content (AvgIpc) is 2.98. The van der Waals surface area contributed by atoms with Crippen LogP contribution in [0.1, 0.15) is 28.1 Å². The molecule has 1 heterocycles. The van der Waals surface area contributed by atoms with Gasteiger partial charge in [-0.3, -0.25) is 19.6 Å². The van der Waals surface area contributed by atoms with Gasteiger partial charge < -0.3 is 10.1 Å². The molecule has 3 aromatic rings. The van der Waals surface area contributed by atoms with Crippen LogP contribution in [0.3, 0.4) is 0 Å². The van der Waals surface area contributed by atoms with Crippen molar-refractivity contribution >= 4 is 11.6 Å². The van der Waals surface area contributed by atoms with Crippen molar-refractivity contribution in [2.75, 3.05) is 6.61 Å². The van der Waals surface area contributed by atoms with Crippen molar-refractivity contribution in [3.63, 3.8) is 0 Å². The molecule has 30 heavy (non-hydrogen) atoms. The highest BCUT2D eigenvalue weighted by Gasteiger charge is 2.19.